The molecule has 1 unspecified atom stereocenters. The maximum atomic E-state index is 8.85. The van der Waals surface area contributed by atoms with Crippen molar-refractivity contribution in [1.29, 1.82) is 0 Å². The van der Waals surface area contributed by atoms with E-state index in [9.17, 15) is 0 Å². The highest BCUT2D eigenvalue weighted by molar-refractivity contribution is 5.48. The molecule has 0 bridgehead atoms. The molecule has 0 amide bonds. The van der Waals surface area contributed by atoms with Gasteiger partial charge in [0, 0.05) is 6.54 Å². The smallest absolute Gasteiger partial charge is 0.134 e. The van der Waals surface area contributed by atoms with Crippen LogP contribution in [0.1, 0.15) is 37.3 Å². The molecule has 1 aromatic rings. The van der Waals surface area contributed by atoms with Gasteiger partial charge in [0.2, 0.25) is 0 Å². The van der Waals surface area contributed by atoms with Crippen LogP contribution in [0.4, 0.5) is 0 Å². The summed E-state index contributed by atoms with van der Waals surface area (Å²) >= 11 is 0. The molecular formula is C18H25NO2. The third-order valence-corrected chi connectivity index (χ3v) is 4.08. The fraction of sp³-hybridized carbons (Fsp3) is 0.556. The second kappa shape index (κ2) is 8.07. The largest absolute Gasteiger partial charge is 0.495 e. The normalized spacial score (nSPS) is 19.5. The molecule has 1 aliphatic heterocycles. The van der Waals surface area contributed by atoms with Crippen LogP contribution < -0.4 is 4.74 Å². The molecule has 114 valence electrons. The van der Waals surface area contributed by atoms with E-state index in [2.05, 4.69) is 35.8 Å². The van der Waals surface area contributed by atoms with Gasteiger partial charge in [-0.25, -0.2) is 0 Å². The molecule has 21 heavy (non-hydrogen) atoms. The topological polar surface area (TPSA) is 32.7 Å². The number of methoxy groups -OCH3 is 1. The van der Waals surface area contributed by atoms with Gasteiger partial charge in [-0.2, -0.15) is 0 Å². The number of rotatable bonds is 3. The Labute approximate surface area is 127 Å². The first-order chi connectivity index (χ1) is 10.2. The van der Waals surface area contributed by atoms with E-state index in [1.165, 1.54) is 37.9 Å². The Balaban J connectivity index is 2.09. The summed E-state index contributed by atoms with van der Waals surface area (Å²) in [5.41, 5.74) is 2.11. The summed E-state index contributed by atoms with van der Waals surface area (Å²) < 4.78 is 5.32. The molecule has 0 aliphatic carbocycles. The zero-order valence-electron chi connectivity index (χ0n) is 13.1. The monoisotopic (exact) mass is 287 g/mol. The van der Waals surface area contributed by atoms with Crippen LogP contribution in [0.5, 0.6) is 5.75 Å². The fourth-order valence-corrected chi connectivity index (χ4v) is 2.82. The van der Waals surface area contributed by atoms with Crippen molar-refractivity contribution in [2.75, 3.05) is 26.8 Å². The minimum atomic E-state index is -0.128. The van der Waals surface area contributed by atoms with Crippen LogP contribution in [0.3, 0.4) is 0 Å². The lowest BCUT2D eigenvalue weighted by Crippen LogP contribution is -2.24. The lowest BCUT2D eigenvalue weighted by Gasteiger charge is -2.20. The number of ether oxygens (including phenoxy) is 1. The molecule has 1 N–H and O–H groups in total. The number of hydrogen-bond donors (Lipinski definition) is 1. The second-order valence-corrected chi connectivity index (χ2v) is 5.81. The highest BCUT2D eigenvalue weighted by Gasteiger charge is 2.14. The van der Waals surface area contributed by atoms with Crippen molar-refractivity contribution in [2.24, 2.45) is 5.92 Å². The second-order valence-electron chi connectivity index (χ2n) is 5.81. The number of benzene rings is 1. The molecule has 0 aromatic heterocycles. The van der Waals surface area contributed by atoms with Crippen molar-refractivity contribution in [1.82, 2.24) is 4.90 Å². The molecule has 1 saturated heterocycles. The Morgan fingerprint density at radius 1 is 1.33 bits per heavy atom. The van der Waals surface area contributed by atoms with Gasteiger partial charge in [-0.1, -0.05) is 24.8 Å². The summed E-state index contributed by atoms with van der Waals surface area (Å²) in [5, 5.41) is 8.85. The van der Waals surface area contributed by atoms with Gasteiger partial charge in [0.1, 0.15) is 12.4 Å². The minimum absolute atomic E-state index is 0.128. The summed E-state index contributed by atoms with van der Waals surface area (Å²) in [6, 6.07) is 6.16. The van der Waals surface area contributed by atoms with Gasteiger partial charge in [-0.3, -0.25) is 4.90 Å². The number of hydrogen-bond acceptors (Lipinski definition) is 3. The molecule has 1 fully saturated rings. The van der Waals surface area contributed by atoms with Crippen LogP contribution >= 0.6 is 0 Å². The van der Waals surface area contributed by atoms with Gasteiger partial charge >= 0.3 is 0 Å². The Kier molecular flexibility index (Phi) is 6.10. The van der Waals surface area contributed by atoms with Crippen LogP contribution in [0.2, 0.25) is 0 Å². The Morgan fingerprint density at radius 3 is 2.95 bits per heavy atom. The van der Waals surface area contributed by atoms with E-state index < -0.39 is 0 Å². The van der Waals surface area contributed by atoms with Gasteiger partial charge < -0.3 is 9.84 Å². The van der Waals surface area contributed by atoms with Gasteiger partial charge in [0.05, 0.1) is 12.7 Å². The summed E-state index contributed by atoms with van der Waals surface area (Å²) in [6.07, 6.45) is 3.91. The van der Waals surface area contributed by atoms with Crippen LogP contribution in [0, 0.1) is 17.8 Å². The lowest BCUT2D eigenvalue weighted by atomic mass is 10.0. The van der Waals surface area contributed by atoms with Crippen molar-refractivity contribution >= 4 is 0 Å². The number of likely N-dealkylation sites (tertiary alicyclic amines) is 1. The highest BCUT2D eigenvalue weighted by Crippen LogP contribution is 2.22. The van der Waals surface area contributed by atoms with Crippen molar-refractivity contribution in [3.8, 4) is 17.6 Å². The van der Waals surface area contributed by atoms with E-state index in [0.29, 0.717) is 0 Å². The molecule has 1 aliphatic rings. The van der Waals surface area contributed by atoms with Gasteiger partial charge in [-0.05, 0) is 56.0 Å². The lowest BCUT2D eigenvalue weighted by molar-refractivity contribution is 0.273. The van der Waals surface area contributed by atoms with E-state index in [4.69, 9.17) is 9.84 Å². The maximum absolute atomic E-state index is 8.85. The highest BCUT2D eigenvalue weighted by atomic mass is 16.5. The van der Waals surface area contributed by atoms with E-state index in [0.717, 1.165) is 23.8 Å². The Hall–Kier alpha value is -1.50. The first-order valence-corrected chi connectivity index (χ1v) is 7.72. The van der Waals surface area contributed by atoms with E-state index in [1.54, 1.807) is 7.11 Å². The predicted octanol–water partition coefficient (Wildman–Crippen LogP) is 2.66. The van der Waals surface area contributed by atoms with Crippen molar-refractivity contribution in [3.05, 3.63) is 29.3 Å². The summed E-state index contributed by atoms with van der Waals surface area (Å²) in [6.45, 7) is 5.53. The van der Waals surface area contributed by atoms with E-state index in [-0.39, 0.29) is 6.61 Å². The first kappa shape index (κ1) is 15.9. The summed E-state index contributed by atoms with van der Waals surface area (Å²) in [4.78, 5) is 2.52. The summed E-state index contributed by atoms with van der Waals surface area (Å²) in [5.74, 6) is 7.28. The summed E-state index contributed by atoms with van der Waals surface area (Å²) in [7, 11) is 1.65. The number of aliphatic hydroxyl groups is 1. The number of nitrogens with zero attached hydrogens (tertiary/aromatic N) is 1. The quantitative estimate of drug-likeness (QED) is 0.868. The number of aliphatic hydroxyl groups excluding tert-OH is 1. The van der Waals surface area contributed by atoms with Gasteiger partial charge in [0.25, 0.3) is 0 Å². The molecule has 0 radical (unpaired) electrons. The minimum Gasteiger partial charge on any atom is -0.495 e. The molecular weight excluding hydrogens is 262 g/mol. The van der Waals surface area contributed by atoms with Crippen LogP contribution in [-0.4, -0.2) is 36.8 Å². The molecule has 0 spiro atoms. The first-order valence-electron chi connectivity index (χ1n) is 7.72. The zero-order chi connectivity index (χ0) is 15.1. The van der Waals surface area contributed by atoms with Gasteiger partial charge in [-0.15, -0.1) is 0 Å². The van der Waals surface area contributed by atoms with Crippen LogP contribution in [0.15, 0.2) is 18.2 Å². The third-order valence-electron chi connectivity index (χ3n) is 4.08. The predicted molar refractivity (Wildman–Crippen MR) is 85.2 cm³/mol. The van der Waals surface area contributed by atoms with Crippen molar-refractivity contribution in [2.45, 2.75) is 32.7 Å². The van der Waals surface area contributed by atoms with Crippen molar-refractivity contribution < 1.29 is 9.84 Å². The van der Waals surface area contributed by atoms with E-state index in [1.807, 2.05) is 6.07 Å². The average Bonchev–Trinajstić information content (AvgIpc) is 2.70. The zero-order valence-corrected chi connectivity index (χ0v) is 13.1. The van der Waals surface area contributed by atoms with Crippen LogP contribution in [0.25, 0.3) is 0 Å². The molecule has 1 aromatic carbocycles. The van der Waals surface area contributed by atoms with Crippen LogP contribution in [-0.2, 0) is 6.54 Å². The molecule has 3 heteroatoms. The standard InChI is InChI=1S/C18H25NO2/c1-15-5-3-10-19(11-9-15)14-16-7-8-18(21-2)17(13-16)6-4-12-20/h7-8,13,15,20H,3,5,9-12,14H2,1-2H3. The Bertz CT molecular complexity index is 516. The Morgan fingerprint density at radius 2 is 2.19 bits per heavy atom. The average molecular weight is 287 g/mol. The van der Waals surface area contributed by atoms with E-state index >= 15 is 0 Å². The molecule has 3 nitrogen and oxygen atoms in total. The third kappa shape index (κ3) is 4.77. The molecule has 1 heterocycles. The SMILES string of the molecule is COc1ccc(CN2CCCC(C)CC2)cc1C#CCO. The molecule has 1 atom stereocenters. The molecule has 0 saturated carbocycles. The molecule has 2 rings (SSSR count). The fourth-order valence-electron chi connectivity index (χ4n) is 2.82. The van der Waals surface area contributed by atoms with Gasteiger partial charge in [0.15, 0.2) is 0 Å². The van der Waals surface area contributed by atoms with Crippen molar-refractivity contribution in [3.63, 3.8) is 0 Å². The maximum Gasteiger partial charge on any atom is 0.134 e.